The van der Waals surface area contributed by atoms with E-state index in [4.69, 9.17) is 10.3 Å². The molecule has 0 aromatic heterocycles. The summed E-state index contributed by atoms with van der Waals surface area (Å²) < 4.78 is 0.912. The van der Waals surface area contributed by atoms with E-state index in [-0.39, 0.29) is 5.75 Å². The second kappa shape index (κ2) is 10.5. The minimum atomic E-state index is 0.0377. The number of nitrogens with zero attached hydrogens (tertiary/aromatic N) is 4. The highest BCUT2D eigenvalue weighted by molar-refractivity contribution is 9.10. The SMILES string of the molecule is CN(C)CCC1CCCCN1C(=Nc1ccccc1Br)Nc1ccc(C#N)cc1O. The minimum absolute atomic E-state index is 0.0377. The molecule has 1 aliphatic rings. The zero-order valence-corrected chi connectivity index (χ0v) is 19.1. The molecule has 0 saturated carbocycles. The number of nitriles is 1. The van der Waals surface area contributed by atoms with Crippen LogP contribution in [0.5, 0.6) is 5.75 Å². The Labute approximate surface area is 187 Å². The van der Waals surface area contributed by atoms with Gasteiger partial charge in [0.05, 0.1) is 23.0 Å². The molecular formula is C23H28BrN5O. The first-order chi connectivity index (χ1) is 14.5. The highest BCUT2D eigenvalue weighted by Gasteiger charge is 2.26. The predicted octanol–water partition coefficient (Wildman–Crippen LogP) is 4.93. The largest absolute Gasteiger partial charge is 0.506 e. The Morgan fingerprint density at radius 1 is 1.30 bits per heavy atom. The van der Waals surface area contributed by atoms with E-state index in [2.05, 4.69) is 51.2 Å². The molecule has 1 atom stereocenters. The first-order valence-corrected chi connectivity index (χ1v) is 11.0. The molecule has 7 heteroatoms. The van der Waals surface area contributed by atoms with Crippen molar-refractivity contribution in [1.82, 2.24) is 9.80 Å². The summed E-state index contributed by atoms with van der Waals surface area (Å²) in [5, 5.41) is 22.9. The predicted molar refractivity (Wildman–Crippen MR) is 125 cm³/mol. The lowest BCUT2D eigenvalue weighted by molar-refractivity contribution is 0.212. The number of benzene rings is 2. The number of aliphatic imine (C=N–C) groups is 1. The normalized spacial score (nSPS) is 17.1. The summed E-state index contributed by atoms with van der Waals surface area (Å²) in [4.78, 5) is 9.46. The van der Waals surface area contributed by atoms with Gasteiger partial charge in [0, 0.05) is 17.1 Å². The van der Waals surface area contributed by atoms with Crippen LogP contribution in [-0.2, 0) is 0 Å². The third-order valence-corrected chi connectivity index (χ3v) is 5.93. The van der Waals surface area contributed by atoms with E-state index in [1.54, 1.807) is 12.1 Å². The number of rotatable bonds is 5. The molecular weight excluding hydrogens is 442 g/mol. The van der Waals surface area contributed by atoms with Crippen molar-refractivity contribution in [1.29, 1.82) is 5.26 Å². The van der Waals surface area contributed by atoms with Crippen molar-refractivity contribution < 1.29 is 5.11 Å². The second-order valence-corrected chi connectivity index (χ2v) is 8.64. The summed E-state index contributed by atoms with van der Waals surface area (Å²) >= 11 is 3.59. The average molecular weight is 470 g/mol. The fourth-order valence-corrected chi connectivity index (χ4v) is 4.01. The molecule has 158 valence electrons. The zero-order chi connectivity index (χ0) is 21.5. The van der Waals surface area contributed by atoms with Gasteiger partial charge in [-0.25, -0.2) is 4.99 Å². The van der Waals surface area contributed by atoms with E-state index in [9.17, 15) is 5.11 Å². The number of likely N-dealkylation sites (tertiary alicyclic amines) is 1. The molecule has 1 saturated heterocycles. The summed E-state index contributed by atoms with van der Waals surface area (Å²) in [6, 6.07) is 15.2. The van der Waals surface area contributed by atoms with Crippen molar-refractivity contribution in [3.8, 4) is 11.8 Å². The van der Waals surface area contributed by atoms with Crippen molar-refractivity contribution in [2.75, 3.05) is 32.5 Å². The number of hydrogen-bond donors (Lipinski definition) is 2. The lowest BCUT2D eigenvalue weighted by Crippen LogP contribution is -2.47. The molecule has 0 bridgehead atoms. The van der Waals surface area contributed by atoms with Gasteiger partial charge in [0.15, 0.2) is 0 Å². The van der Waals surface area contributed by atoms with Gasteiger partial charge >= 0.3 is 0 Å². The number of aromatic hydroxyl groups is 1. The minimum Gasteiger partial charge on any atom is -0.506 e. The molecule has 3 rings (SSSR count). The fraction of sp³-hybridized carbons (Fsp3) is 0.391. The summed E-state index contributed by atoms with van der Waals surface area (Å²) in [7, 11) is 4.19. The van der Waals surface area contributed by atoms with Crippen molar-refractivity contribution in [3.05, 3.63) is 52.5 Å². The summed E-state index contributed by atoms with van der Waals surface area (Å²) in [6.07, 6.45) is 4.47. The quantitative estimate of drug-likeness (QED) is 0.368. The van der Waals surface area contributed by atoms with Gasteiger partial charge < -0.3 is 20.2 Å². The monoisotopic (exact) mass is 469 g/mol. The summed E-state index contributed by atoms with van der Waals surface area (Å²) in [5.41, 5.74) is 1.78. The molecule has 2 N–H and O–H groups in total. The second-order valence-electron chi connectivity index (χ2n) is 7.79. The fourth-order valence-electron chi connectivity index (χ4n) is 3.63. The van der Waals surface area contributed by atoms with Gasteiger partial charge in [0.25, 0.3) is 0 Å². The van der Waals surface area contributed by atoms with Gasteiger partial charge in [-0.2, -0.15) is 5.26 Å². The maximum absolute atomic E-state index is 10.4. The number of guanidine groups is 1. The molecule has 0 radical (unpaired) electrons. The van der Waals surface area contributed by atoms with Crippen molar-refractivity contribution in [3.63, 3.8) is 0 Å². The van der Waals surface area contributed by atoms with Gasteiger partial charge in [0.1, 0.15) is 5.75 Å². The maximum Gasteiger partial charge on any atom is 0.204 e. The topological polar surface area (TPSA) is 74.9 Å². The number of piperidine rings is 1. The number of nitrogens with one attached hydrogen (secondary N) is 1. The smallest absolute Gasteiger partial charge is 0.204 e. The van der Waals surface area contributed by atoms with Crippen LogP contribution in [0.2, 0.25) is 0 Å². The van der Waals surface area contributed by atoms with E-state index < -0.39 is 0 Å². The van der Waals surface area contributed by atoms with Crippen LogP contribution in [-0.4, -0.2) is 54.1 Å². The van der Waals surface area contributed by atoms with Gasteiger partial charge in [-0.1, -0.05) is 12.1 Å². The maximum atomic E-state index is 10.4. The van der Waals surface area contributed by atoms with E-state index in [0.29, 0.717) is 23.3 Å². The third-order valence-electron chi connectivity index (χ3n) is 5.26. The molecule has 1 unspecified atom stereocenters. The van der Waals surface area contributed by atoms with Crippen molar-refractivity contribution in [2.45, 2.75) is 31.7 Å². The summed E-state index contributed by atoms with van der Waals surface area (Å²) in [5.74, 6) is 0.751. The first kappa shape index (κ1) is 22.1. The van der Waals surface area contributed by atoms with Crippen molar-refractivity contribution >= 4 is 33.3 Å². The highest BCUT2D eigenvalue weighted by atomic mass is 79.9. The third kappa shape index (κ3) is 5.74. The number of para-hydroxylation sites is 1. The van der Waals surface area contributed by atoms with Gasteiger partial charge in [-0.05, 0) is 92.6 Å². The van der Waals surface area contributed by atoms with Crippen LogP contribution in [0.25, 0.3) is 0 Å². The number of halogens is 1. The van der Waals surface area contributed by atoms with Crippen LogP contribution in [0.15, 0.2) is 51.9 Å². The zero-order valence-electron chi connectivity index (χ0n) is 17.5. The Bertz CT molecular complexity index is 937. The molecule has 30 heavy (non-hydrogen) atoms. The molecule has 0 spiro atoms. The Morgan fingerprint density at radius 2 is 2.10 bits per heavy atom. The number of phenolic OH excluding ortho intramolecular Hbond substituents is 1. The van der Waals surface area contributed by atoms with E-state index in [1.165, 1.54) is 12.5 Å². The number of anilines is 1. The van der Waals surface area contributed by atoms with Crippen LogP contribution < -0.4 is 5.32 Å². The van der Waals surface area contributed by atoms with E-state index >= 15 is 0 Å². The van der Waals surface area contributed by atoms with E-state index in [0.717, 1.165) is 42.5 Å². The Kier molecular flexibility index (Phi) is 7.72. The van der Waals surface area contributed by atoms with Crippen molar-refractivity contribution in [2.24, 2.45) is 4.99 Å². The lowest BCUT2D eigenvalue weighted by atomic mass is 9.99. The van der Waals surface area contributed by atoms with Crippen LogP contribution >= 0.6 is 15.9 Å². The molecule has 2 aromatic carbocycles. The average Bonchev–Trinajstić information content (AvgIpc) is 2.74. The van der Waals surface area contributed by atoms with Crippen LogP contribution in [0.1, 0.15) is 31.2 Å². The Balaban J connectivity index is 1.96. The molecule has 1 heterocycles. The molecule has 1 fully saturated rings. The standard InChI is InChI=1S/C23H28BrN5O/c1-28(2)14-12-18-7-5-6-13-29(18)23(26-20-9-4-3-8-19(20)24)27-21-11-10-17(16-25)15-22(21)30/h3-4,8-11,15,18,30H,5-7,12-14H2,1-2H3,(H,26,27). The lowest BCUT2D eigenvalue weighted by Gasteiger charge is -2.38. The van der Waals surface area contributed by atoms with Crippen LogP contribution in [0.4, 0.5) is 11.4 Å². The molecule has 6 nitrogen and oxygen atoms in total. The van der Waals surface area contributed by atoms with Crippen LogP contribution in [0.3, 0.4) is 0 Å². The first-order valence-electron chi connectivity index (χ1n) is 10.2. The Morgan fingerprint density at radius 3 is 2.80 bits per heavy atom. The molecule has 2 aromatic rings. The molecule has 0 amide bonds. The number of phenols is 1. The van der Waals surface area contributed by atoms with E-state index in [1.807, 2.05) is 24.3 Å². The molecule has 1 aliphatic heterocycles. The van der Waals surface area contributed by atoms with Gasteiger partial charge in [0.2, 0.25) is 5.96 Å². The Hall–Kier alpha value is -2.56. The summed E-state index contributed by atoms with van der Waals surface area (Å²) in [6.45, 7) is 1.91. The number of hydrogen-bond acceptors (Lipinski definition) is 4. The van der Waals surface area contributed by atoms with Crippen LogP contribution in [0, 0.1) is 11.3 Å². The van der Waals surface area contributed by atoms with Gasteiger partial charge in [-0.15, -0.1) is 0 Å². The molecule has 0 aliphatic carbocycles. The van der Waals surface area contributed by atoms with Gasteiger partial charge in [-0.3, -0.25) is 0 Å². The highest BCUT2D eigenvalue weighted by Crippen LogP contribution is 2.30.